The molecular formula is C23H39N5O2. The van der Waals surface area contributed by atoms with E-state index in [4.69, 9.17) is 9.47 Å². The van der Waals surface area contributed by atoms with Gasteiger partial charge in [0, 0.05) is 57.9 Å². The first kappa shape index (κ1) is 22.8. The molecule has 1 atom stereocenters. The van der Waals surface area contributed by atoms with Crippen LogP contribution in [0.2, 0.25) is 0 Å². The maximum absolute atomic E-state index is 6.16. The van der Waals surface area contributed by atoms with Crippen molar-refractivity contribution in [3.63, 3.8) is 0 Å². The zero-order valence-electron chi connectivity index (χ0n) is 19.0. The van der Waals surface area contributed by atoms with Crippen LogP contribution in [-0.4, -0.2) is 88.9 Å². The van der Waals surface area contributed by atoms with Crippen molar-refractivity contribution in [2.24, 2.45) is 10.9 Å². The molecule has 2 N–H and O–H groups in total. The average Bonchev–Trinajstić information content (AvgIpc) is 3.18. The van der Waals surface area contributed by atoms with Crippen molar-refractivity contribution < 1.29 is 9.47 Å². The van der Waals surface area contributed by atoms with Gasteiger partial charge in [-0.1, -0.05) is 12.1 Å². The summed E-state index contributed by atoms with van der Waals surface area (Å²) in [7, 11) is 4.03. The first-order valence-corrected chi connectivity index (χ1v) is 11.3. The van der Waals surface area contributed by atoms with E-state index in [0.717, 1.165) is 63.1 Å². The smallest absolute Gasteiger partial charge is 0.191 e. The first-order chi connectivity index (χ1) is 14.6. The number of hydrogen-bond acceptors (Lipinski definition) is 5. The number of ether oxygens (including phenoxy) is 2. The number of nitrogens with one attached hydrogen (secondary N) is 2. The molecule has 0 aliphatic carbocycles. The van der Waals surface area contributed by atoms with Gasteiger partial charge in [-0.15, -0.1) is 0 Å². The molecule has 168 valence electrons. The van der Waals surface area contributed by atoms with Crippen LogP contribution in [0, 0.1) is 12.8 Å². The van der Waals surface area contributed by atoms with E-state index in [1.807, 2.05) is 7.05 Å². The largest absolute Gasteiger partial charge is 0.493 e. The Morgan fingerprint density at radius 3 is 2.93 bits per heavy atom. The average molecular weight is 418 g/mol. The predicted octanol–water partition coefficient (Wildman–Crippen LogP) is 1.71. The van der Waals surface area contributed by atoms with Gasteiger partial charge in [-0.25, -0.2) is 0 Å². The molecule has 1 aromatic carbocycles. The molecule has 0 saturated carbocycles. The number of benzene rings is 1. The minimum absolute atomic E-state index is 0.500. The fraction of sp³-hybridized carbons (Fsp3) is 0.696. The van der Waals surface area contributed by atoms with Gasteiger partial charge in [0.1, 0.15) is 5.75 Å². The summed E-state index contributed by atoms with van der Waals surface area (Å²) in [5, 5.41) is 6.89. The lowest BCUT2D eigenvalue weighted by Crippen LogP contribution is -2.42. The molecule has 1 aromatic rings. The van der Waals surface area contributed by atoms with Crippen LogP contribution in [0.1, 0.15) is 24.0 Å². The zero-order chi connectivity index (χ0) is 21.2. The van der Waals surface area contributed by atoms with E-state index in [0.29, 0.717) is 19.1 Å². The quantitative estimate of drug-likeness (QED) is 0.496. The van der Waals surface area contributed by atoms with Gasteiger partial charge in [0.05, 0.1) is 13.2 Å². The number of nitrogens with zero attached hydrogens (tertiary/aromatic N) is 3. The molecule has 0 aromatic heterocycles. The molecule has 2 aliphatic rings. The minimum atomic E-state index is 0.500. The van der Waals surface area contributed by atoms with E-state index in [1.165, 1.54) is 25.1 Å². The Kier molecular flexibility index (Phi) is 9.24. The van der Waals surface area contributed by atoms with Crippen LogP contribution in [0.5, 0.6) is 5.75 Å². The Morgan fingerprint density at radius 2 is 2.13 bits per heavy atom. The summed E-state index contributed by atoms with van der Waals surface area (Å²) in [4.78, 5) is 9.32. The number of hydrogen-bond donors (Lipinski definition) is 2. The van der Waals surface area contributed by atoms with Crippen LogP contribution >= 0.6 is 0 Å². The lowest BCUT2D eigenvalue weighted by Gasteiger charge is -2.21. The number of guanidine groups is 1. The van der Waals surface area contributed by atoms with Gasteiger partial charge in [0.2, 0.25) is 0 Å². The van der Waals surface area contributed by atoms with Crippen LogP contribution in [-0.2, 0) is 11.3 Å². The Morgan fingerprint density at radius 1 is 1.23 bits per heavy atom. The summed E-state index contributed by atoms with van der Waals surface area (Å²) in [5.41, 5.74) is 2.36. The second-order valence-corrected chi connectivity index (χ2v) is 8.50. The van der Waals surface area contributed by atoms with Gasteiger partial charge in [-0.2, -0.15) is 0 Å². The highest BCUT2D eigenvalue weighted by molar-refractivity contribution is 5.79. The lowest BCUT2D eigenvalue weighted by atomic mass is 10.1. The lowest BCUT2D eigenvalue weighted by molar-refractivity contribution is 0.166. The fourth-order valence-electron chi connectivity index (χ4n) is 3.92. The van der Waals surface area contributed by atoms with Crippen molar-refractivity contribution >= 4 is 5.96 Å². The van der Waals surface area contributed by atoms with Crippen molar-refractivity contribution in [1.29, 1.82) is 0 Å². The third-order valence-corrected chi connectivity index (χ3v) is 5.92. The monoisotopic (exact) mass is 417 g/mol. The predicted molar refractivity (Wildman–Crippen MR) is 122 cm³/mol. The molecule has 7 heteroatoms. The van der Waals surface area contributed by atoms with Crippen LogP contribution in [0.25, 0.3) is 0 Å². The zero-order valence-corrected chi connectivity index (χ0v) is 19.0. The van der Waals surface area contributed by atoms with E-state index >= 15 is 0 Å². The summed E-state index contributed by atoms with van der Waals surface area (Å²) in [6.45, 7) is 11.8. The molecule has 2 heterocycles. The maximum Gasteiger partial charge on any atom is 0.191 e. The molecule has 30 heavy (non-hydrogen) atoms. The highest BCUT2D eigenvalue weighted by Gasteiger charge is 2.17. The highest BCUT2D eigenvalue weighted by Crippen LogP contribution is 2.22. The molecule has 2 fully saturated rings. The van der Waals surface area contributed by atoms with Gasteiger partial charge in [0.15, 0.2) is 5.96 Å². The van der Waals surface area contributed by atoms with Crippen molar-refractivity contribution in [1.82, 2.24) is 20.4 Å². The first-order valence-electron chi connectivity index (χ1n) is 11.3. The number of aliphatic imine (C=N–C) groups is 1. The molecule has 2 aliphatic heterocycles. The summed E-state index contributed by atoms with van der Waals surface area (Å²) < 4.78 is 11.6. The molecule has 0 radical (unpaired) electrons. The summed E-state index contributed by atoms with van der Waals surface area (Å²) in [6, 6.07) is 6.40. The molecule has 2 saturated heterocycles. The minimum Gasteiger partial charge on any atom is -0.493 e. The maximum atomic E-state index is 6.16. The summed E-state index contributed by atoms with van der Waals surface area (Å²) >= 11 is 0. The number of aryl methyl sites for hydroxylation is 1. The molecule has 0 amide bonds. The fourth-order valence-corrected chi connectivity index (χ4v) is 3.92. The second-order valence-electron chi connectivity index (χ2n) is 8.50. The normalized spacial score (nSPS) is 21.4. The van der Waals surface area contributed by atoms with Crippen molar-refractivity contribution in [3.8, 4) is 5.75 Å². The van der Waals surface area contributed by atoms with Crippen LogP contribution in [0.15, 0.2) is 23.2 Å². The number of likely N-dealkylation sites (N-methyl/N-ethyl adjacent to an activating group) is 1. The van der Waals surface area contributed by atoms with Gasteiger partial charge in [-0.3, -0.25) is 4.99 Å². The molecule has 0 spiro atoms. The Bertz CT molecular complexity index is 676. The molecule has 1 unspecified atom stereocenters. The topological polar surface area (TPSA) is 61.4 Å². The molecule has 0 bridgehead atoms. The van der Waals surface area contributed by atoms with Gasteiger partial charge in [-0.05, 0) is 51.5 Å². The third-order valence-electron chi connectivity index (χ3n) is 5.92. The second kappa shape index (κ2) is 12.1. The van der Waals surface area contributed by atoms with Crippen molar-refractivity contribution in [2.45, 2.75) is 26.3 Å². The van der Waals surface area contributed by atoms with Crippen LogP contribution in [0.3, 0.4) is 0 Å². The Labute approximate surface area is 181 Å². The molecule has 7 nitrogen and oxygen atoms in total. The standard InChI is InChI=1S/C23H39N5O2/c1-19-5-6-21(22(15-19)30-18-20-7-14-29-17-20)16-26-23(24-2)25-8-11-28-10-4-9-27(3)12-13-28/h5-6,15,20H,4,7-14,16-18H2,1-3H3,(H2,24,25,26). The van der Waals surface area contributed by atoms with Crippen molar-refractivity contribution in [3.05, 3.63) is 29.3 Å². The Balaban J connectivity index is 1.44. The van der Waals surface area contributed by atoms with E-state index in [9.17, 15) is 0 Å². The van der Waals surface area contributed by atoms with Gasteiger partial charge in [0.25, 0.3) is 0 Å². The van der Waals surface area contributed by atoms with Crippen LogP contribution in [0.4, 0.5) is 0 Å². The molecular weight excluding hydrogens is 378 g/mol. The summed E-state index contributed by atoms with van der Waals surface area (Å²) in [6.07, 6.45) is 2.33. The van der Waals surface area contributed by atoms with Gasteiger partial charge >= 0.3 is 0 Å². The number of rotatable bonds is 8. The van der Waals surface area contributed by atoms with E-state index in [2.05, 4.69) is 57.6 Å². The van der Waals surface area contributed by atoms with E-state index in [1.54, 1.807) is 0 Å². The van der Waals surface area contributed by atoms with E-state index in [-0.39, 0.29) is 0 Å². The van der Waals surface area contributed by atoms with Gasteiger partial charge < -0.3 is 29.9 Å². The third kappa shape index (κ3) is 7.45. The summed E-state index contributed by atoms with van der Waals surface area (Å²) in [5.74, 6) is 2.29. The van der Waals surface area contributed by atoms with E-state index < -0.39 is 0 Å². The highest BCUT2D eigenvalue weighted by atomic mass is 16.5. The molecule has 3 rings (SSSR count). The SMILES string of the molecule is CN=C(NCCN1CCCN(C)CC1)NCc1ccc(C)cc1OCC1CCOC1. The van der Waals surface area contributed by atoms with Crippen molar-refractivity contribution in [2.75, 3.05) is 73.2 Å². The van der Waals surface area contributed by atoms with Crippen LogP contribution < -0.4 is 15.4 Å². The Hall–Kier alpha value is -1.83.